The van der Waals surface area contributed by atoms with E-state index >= 15 is 0 Å². The monoisotopic (exact) mass is 766 g/mol. The summed E-state index contributed by atoms with van der Waals surface area (Å²) in [5.41, 5.74) is -1.73. The third-order valence-corrected chi connectivity index (χ3v) is 9.64. The van der Waals surface area contributed by atoms with Crippen LogP contribution >= 0.6 is 0 Å². The first-order valence-corrected chi connectivity index (χ1v) is 17.7. The number of benzene rings is 1. The summed E-state index contributed by atoms with van der Waals surface area (Å²) in [7, 11) is 2.96. The fourth-order valence-electron chi connectivity index (χ4n) is 6.70. The van der Waals surface area contributed by atoms with Crippen molar-refractivity contribution in [2.24, 2.45) is 22.7 Å². The lowest BCUT2D eigenvalue weighted by molar-refractivity contribution is -0.148. The van der Waals surface area contributed by atoms with Crippen molar-refractivity contribution in [1.29, 1.82) is 0 Å². The van der Waals surface area contributed by atoms with Crippen LogP contribution in [0.15, 0.2) is 30.3 Å². The normalized spacial score (nSPS) is 20.7. The van der Waals surface area contributed by atoms with E-state index in [0.29, 0.717) is 5.56 Å². The second kappa shape index (κ2) is 16.3. The molecule has 1 aromatic carbocycles. The van der Waals surface area contributed by atoms with E-state index < -0.39 is 113 Å². The number of likely N-dealkylation sites (tertiary alicyclic amines) is 1. The standard InChI is InChI=1S/C37H53F3N6O8/c1-34(2,3)28(44-33(53)54-35(4,5)6)32(52)46-19-21-24(36(21,7)8)26(46)29(49)42-22(16-17-37(38,39)40)27(48)30(50)41-18-23(47)43-25(31(51)45(9)10)20-14-12-11-13-15-20/h11-15,21-22,24-26,28H,16-19H2,1-10H3,(H,41,50)(H,42,49)(H,43,47)(H,44,53)/t21-,22?,24-,25-,26-,28+/m0/s1. The number of alkyl carbamates (subject to hydrolysis) is 1. The van der Waals surface area contributed by atoms with E-state index in [0.717, 1.165) is 0 Å². The van der Waals surface area contributed by atoms with Gasteiger partial charge in [0.1, 0.15) is 23.7 Å². The van der Waals surface area contributed by atoms with Gasteiger partial charge in [-0.3, -0.25) is 28.8 Å². The van der Waals surface area contributed by atoms with Crippen LogP contribution in [0.25, 0.3) is 0 Å². The molecule has 0 aromatic heterocycles. The topological polar surface area (TPSA) is 183 Å². The van der Waals surface area contributed by atoms with Gasteiger partial charge < -0.3 is 35.8 Å². The van der Waals surface area contributed by atoms with Crippen LogP contribution in [0.2, 0.25) is 0 Å². The highest BCUT2D eigenvalue weighted by Crippen LogP contribution is 2.65. The maximum Gasteiger partial charge on any atom is 0.408 e. The molecular weight excluding hydrogens is 713 g/mol. The summed E-state index contributed by atoms with van der Waals surface area (Å²) < 4.78 is 45.5. The number of Topliss-reactive ketones (excluding diaryl/α,β-unsaturated/α-hetero) is 1. The Hall–Kier alpha value is -4.70. The van der Waals surface area contributed by atoms with E-state index in [4.69, 9.17) is 4.74 Å². The van der Waals surface area contributed by atoms with Gasteiger partial charge in [0.25, 0.3) is 5.91 Å². The van der Waals surface area contributed by atoms with Crippen LogP contribution in [0.4, 0.5) is 18.0 Å². The molecular formula is C37H53F3N6O8. The van der Waals surface area contributed by atoms with Crippen LogP contribution in [0, 0.1) is 22.7 Å². The molecule has 1 aliphatic heterocycles. The number of nitrogens with one attached hydrogen (secondary N) is 4. The number of ether oxygens (including phenoxy) is 1. The van der Waals surface area contributed by atoms with Gasteiger partial charge in [-0.15, -0.1) is 0 Å². The second-order valence-corrected chi connectivity index (χ2v) is 16.7. The number of hydrogen-bond acceptors (Lipinski definition) is 8. The summed E-state index contributed by atoms with van der Waals surface area (Å²) in [4.78, 5) is 95.3. The fourth-order valence-corrected chi connectivity index (χ4v) is 6.70. The zero-order valence-corrected chi connectivity index (χ0v) is 32.5. The van der Waals surface area contributed by atoms with Crippen molar-refractivity contribution >= 4 is 41.4 Å². The quantitative estimate of drug-likeness (QED) is 0.221. The van der Waals surface area contributed by atoms with Crippen molar-refractivity contribution in [2.45, 2.75) is 104 Å². The number of fused-ring (bicyclic) bond motifs is 1. The van der Waals surface area contributed by atoms with Crippen LogP contribution in [-0.2, 0) is 33.5 Å². The predicted molar refractivity (Wildman–Crippen MR) is 190 cm³/mol. The van der Waals surface area contributed by atoms with Crippen LogP contribution < -0.4 is 21.3 Å². The van der Waals surface area contributed by atoms with Crippen molar-refractivity contribution in [3.63, 3.8) is 0 Å². The number of ketones is 1. The van der Waals surface area contributed by atoms with Crippen LogP contribution in [-0.4, -0.2) is 108 Å². The van der Waals surface area contributed by atoms with Gasteiger partial charge in [0, 0.05) is 27.1 Å². The Bertz CT molecular complexity index is 1600. The van der Waals surface area contributed by atoms with E-state index in [1.54, 1.807) is 71.9 Å². The molecule has 54 heavy (non-hydrogen) atoms. The molecule has 1 unspecified atom stereocenters. The number of likely N-dealkylation sites (N-methyl/N-ethyl adjacent to an activating group) is 1. The molecule has 14 nitrogen and oxygen atoms in total. The first-order valence-electron chi connectivity index (χ1n) is 17.7. The van der Waals surface area contributed by atoms with Gasteiger partial charge >= 0.3 is 12.3 Å². The zero-order valence-electron chi connectivity index (χ0n) is 32.5. The van der Waals surface area contributed by atoms with Crippen molar-refractivity contribution in [3.8, 4) is 0 Å². The Labute approximate surface area is 313 Å². The number of carbonyl (C=O) groups is 7. The average molecular weight is 767 g/mol. The van der Waals surface area contributed by atoms with E-state index in [1.807, 2.05) is 13.8 Å². The minimum atomic E-state index is -4.75. The van der Waals surface area contributed by atoms with Gasteiger partial charge in [-0.05, 0) is 55.4 Å². The number of rotatable bonds is 13. The first-order chi connectivity index (χ1) is 24.7. The van der Waals surface area contributed by atoms with Crippen molar-refractivity contribution < 1.29 is 51.5 Å². The minimum absolute atomic E-state index is 0.105. The largest absolute Gasteiger partial charge is 0.444 e. The molecule has 0 bridgehead atoms. The van der Waals surface area contributed by atoms with E-state index in [2.05, 4.69) is 21.3 Å². The molecule has 2 aliphatic rings. The number of nitrogens with zero attached hydrogens (tertiary/aromatic N) is 2. The summed E-state index contributed by atoms with van der Waals surface area (Å²) in [6.07, 6.45) is -8.14. The lowest BCUT2D eigenvalue weighted by Crippen LogP contribution is -2.61. The Morgan fingerprint density at radius 2 is 1.52 bits per heavy atom. The Morgan fingerprint density at radius 3 is 2.04 bits per heavy atom. The van der Waals surface area contributed by atoms with Gasteiger partial charge in [-0.1, -0.05) is 65.0 Å². The Kier molecular flexibility index (Phi) is 13.2. The lowest BCUT2D eigenvalue weighted by Gasteiger charge is -2.38. The molecule has 1 saturated carbocycles. The maximum absolute atomic E-state index is 14.1. The summed E-state index contributed by atoms with van der Waals surface area (Å²) in [6, 6.07) is 2.72. The predicted octanol–water partition coefficient (Wildman–Crippen LogP) is 2.87. The van der Waals surface area contributed by atoms with Gasteiger partial charge in [-0.2, -0.15) is 13.2 Å². The summed E-state index contributed by atoms with van der Waals surface area (Å²) in [6.45, 7) is 13.1. The van der Waals surface area contributed by atoms with Crippen LogP contribution in [0.5, 0.6) is 0 Å². The van der Waals surface area contributed by atoms with Crippen molar-refractivity contribution in [1.82, 2.24) is 31.1 Å². The highest BCUT2D eigenvalue weighted by molar-refractivity contribution is 6.38. The molecule has 2 fully saturated rings. The van der Waals surface area contributed by atoms with E-state index in [-0.39, 0.29) is 12.5 Å². The summed E-state index contributed by atoms with van der Waals surface area (Å²) in [5, 5.41) is 9.46. The molecule has 0 radical (unpaired) electrons. The molecule has 6 amide bonds. The van der Waals surface area contributed by atoms with Crippen LogP contribution in [0.1, 0.15) is 79.8 Å². The van der Waals surface area contributed by atoms with Crippen LogP contribution in [0.3, 0.4) is 0 Å². The molecule has 300 valence electrons. The van der Waals surface area contributed by atoms with Gasteiger partial charge in [0.05, 0.1) is 12.6 Å². The van der Waals surface area contributed by atoms with Gasteiger partial charge in [-0.25, -0.2) is 4.79 Å². The number of halogens is 3. The molecule has 3 rings (SSSR count). The third kappa shape index (κ3) is 11.2. The van der Waals surface area contributed by atoms with E-state index in [9.17, 15) is 46.7 Å². The molecule has 4 N–H and O–H groups in total. The number of piperidine rings is 1. The summed E-state index contributed by atoms with van der Waals surface area (Å²) >= 11 is 0. The molecule has 6 atom stereocenters. The lowest BCUT2D eigenvalue weighted by atomic mass is 9.85. The number of amides is 6. The Balaban J connectivity index is 1.81. The summed E-state index contributed by atoms with van der Waals surface area (Å²) in [5.74, 6) is -6.39. The van der Waals surface area contributed by atoms with Gasteiger partial charge in [0.15, 0.2) is 0 Å². The second-order valence-electron chi connectivity index (χ2n) is 16.7. The SMILES string of the molecule is CN(C)C(=O)[C@@H](NC(=O)CNC(=O)C(=O)C(CCC(F)(F)F)NC(=O)[C@@H]1[C@@H]2[C@H](CN1C(=O)[C@@H](NC(=O)OC(C)(C)C)C(C)(C)C)C2(C)C)c1ccccc1. The van der Waals surface area contributed by atoms with Gasteiger partial charge in [0.2, 0.25) is 29.4 Å². The molecule has 17 heteroatoms. The smallest absolute Gasteiger partial charge is 0.408 e. The van der Waals surface area contributed by atoms with Crippen molar-refractivity contribution in [2.75, 3.05) is 27.2 Å². The third-order valence-electron chi connectivity index (χ3n) is 9.64. The first kappa shape index (κ1) is 43.7. The molecule has 1 aliphatic carbocycles. The molecule has 1 heterocycles. The molecule has 0 spiro atoms. The number of hydrogen-bond donors (Lipinski definition) is 4. The van der Waals surface area contributed by atoms with Crippen molar-refractivity contribution in [3.05, 3.63) is 35.9 Å². The molecule has 1 aromatic rings. The fraction of sp³-hybridized carbons (Fsp3) is 0.649. The zero-order chi connectivity index (χ0) is 41.1. The number of alkyl halides is 3. The Morgan fingerprint density at radius 1 is 0.926 bits per heavy atom. The minimum Gasteiger partial charge on any atom is -0.444 e. The maximum atomic E-state index is 14.1. The molecule has 1 saturated heterocycles. The average Bonchev–Trinajstić information content (AvgIpc) is 3.35. The van der Waals surface area contributed by atoms with E-state index in [1.165, 1.54) is 23.9 Å². The highest BCUT2D eigenvalue weighted by Gasteiger charge is 2.70. The number of carbonyl (C=O) groups excluding carboxylic acids is 7. The highest BCUT2D eigenvalue weighted by atomic mass is 19.4.